The molecule has 28 heavy (non-hydrogen) atoms. The van der Waals surface area contributed by atoms with Crippen molar-refractivity contribution >= 4 is 11.8 Å². The van der Waals surface area contributed by atoms with E-state index in [9.17, 15) is 9.59 Å². The zero-order chi connectivity index (χ0) is 20.5. The van der Waals surface area contributed by atoms with Crippen LogP contribution >= 0.6 is 0 Å². The molecular weight excluding hydrogens is 356 g/mol. The summed E-state index contributed by atoms with van der Waals surface area (Å²) in [7, 11) is 3.17. The quantitative estimate of drug-likeness (QED) is 0.722. The van der Waals surface area contributed by atoms with E-state index in [0.29, 0.717) is 24.5 Å². The summed E-state index contributed by atoms with van der Waals surface area (Å²) in [5, 5.41) is 2.65. The first-order chi connectivity index (χ1) is 13.5. The molecule has 2 amide bonds. The van der Waals surface area contributed by atoms with Crippen LogP contribution in [0.15, 0.2) is 48.5 Å². The highest BCUT2D eigenvalue weighted by molar-refractivity contribution is 5.88. The first-order valence-electron chi connectivity index (χ1n) is 9.32. The first-order valence-corrected chi connectivity index (χ1v) is 9.32. The Kier molecular flexibility index (Phi) is 7.87. The highest BCUT2D eigenvalue weighted by Crippen LogP contribution is 2.19. The fourth-order valence-corrected chi connectivity index (χ4v) is 2.96. The second kappa shape index (κ2) is 10.3. The molecular formula is C22H28N2O4. The average molecular weight is 384 g/mol. The number of hydrogen-bond acceptors (Lipinski definition) is 4. The summed E-state index contributed by atoms with van der Waals surface area (Å²) in [6.45, 7) is 4.09. The topological polar surface area (TPSA) is 67.9 Å². The third kappa shape index (κ3) is 5.49. The monoisotopic (exact) mass is 384 g/mol. The molecule has 150 valence electrons. The number of aryl methyl sites for hydroxylation is 1. The van der Waals surface area contributed by atoms with E-state index in [-0.39, 0.29) is 18.4 Å². The predicted octanol–water partition coefficient (Wildman–Crippen LogP) is 2.94. The van der Waals surface area contributed by atoms with Gasteiger partial charge in [0.1, 0.15) is 17.5 Å². The highest BCUT2D eigenvalue weighted by Gasteiger charge is 2.28. The molecule has 0 saturated heterocycles. The number of ether oxygens (including phenoxy) is 2. The number of carbonyl (C=O) groups excluding carboxylic acids is 2. The summed E-state index contributed by atoms with van der Waals surface area (Å²) < 4.78 is 10.8. The van der Waals surface area contributed by atoms with E-state index in [2.05, 4.69) is 5.32 Å². The van der Waals surface area contributed by atoms with E-state index in [0.717, 1.165) is 11.1 Å². The van der Waals surface area contributed by atoms with Crippen LogP contribution < -0.4 is 14.8 Å². The largest absolute Gasteiger partial charge is 0.497 e. The van der Waals surface area contributed by atoms with Crippen LogP contribution in [0.1, 0.15) is 24.5 Å². The van der Waals surface area contributed by atoms with Gasteiger partial charge in [0.15, 0.2) is 6.61 Å². The molecule has 1 N–H and O–H groups in total. The van der Waals surface area contributed by atoms with Gasteiger partial charge in [0, 0.05) is 13.6 Å². The number of nitrogens with zero attached hydrogens (tertiary/aromatic N) is 1. The molecule has 0 saturated carbocycles. The number of amides is 2. The van der Waals surface area contributed by atoms with Crippen molar-refractivity contribution in [1.82, 2.24) is 10.2 Å². The molecule has 6 heteroatoms. The van der Waals surface area contributed by atoms with Crippen molar-refractivity contribution in [2.75, 3.05) is 20.8 Å². The minimum atomic E-state index is -0.559. The molecule has 0 radical (unpaired) electrons. The number of methoxy groups -OCH3 is 1. The van der Waals surface area contributed by atoms with Crippen molar-refractivity contribution < 1.29 is 19.1 Å². The van der Waals surface area contributed by atoms with Gasteiger partial charge >= 0.3 is 0 Å². The van der Waals surface area contributed by atoms with E-state index in [1.165, 1.54) is 0 Å². The third-order valence-electron chi connectivity index (χ3n) is 4.66. The van der Waals surface area contributed by atoms with E-state index >= 15 is 0 Å². The Morgan fingerprint density at radius 2 is 1.71 bits per heavy atom. The molecule has 0 bridgehead atoms. The summed E-state index contributed by atoms with van der Waals surface area (Å²) in [5.74, 6) is 0.854. The molecule has 0 aliphatic rings. The lowest BCUT2D eigenvalue weighted by atomic mass is 10.1. The summed E-state index contributed by atoms with van der Waals surface area (Å²) in [5.41, 5.74) is 2.07. The van der Waals surface area contributed by atoms with Crippen LogP contribution in [0.2, 0.25) is 0 Å². The van der Waals surface area contributed by atoms with Gasteiger partial charge in [0.25, 0.3) is 5.91 Å². The molecule has 0 aliphatic carbocycles. The van der Waals surface area contributed by atoms with Gasteiger partial charge in [-0.15, -0.1) is 0 Å². The molecule has 0 heterocycles. The fraction of sp³-hybridized carbons (Fsp3) is 0.364. The first kappa shape index (κ1) is 21.3. The Hall–Kier alpha value is -3.02. The van der Waals surface area contributed by atoms with Crippen molar-refractivity contribution in [2.24, 2.45) is 0 Å². The van der Waals surface area contributed by atoms with Crippen molar-refractivity contribution in [1.29, 1.82) is 0 Å². The molecule has 2 aromatic carbocycles. The number of benzene rings is 2. The summed E-state index contributed by atoms with van der Waals surface area (Å²) >= 11 is 0. The lowest BCUT2D eigenvalue weighted by Crippen LogP contribution is -2.49. The van der Waals surface area contributed by atoms with Crippen LogP contribution in [0.4, 0.5) is 0 Å². The molecule has 0 aromatic heterocycles. The second-order valence-corrected chi connectivity index (χ2v) is 6.45. The summed E-state index contributed by atoms with van der Waals surface area (Å²) in [4.78, 5) is 26.9. The van der Waals surface area contributed by atoms with Gasteiger partial charge in [-0.05, 0) is 48.7 Å². The maximum absolute atomic E-state index is 13.0. The Balaban J connectivity index is 2.17. The molecule has 0 fully saturated rings. The lowest BCUT2D eigenvalue weighted by Gasteiger charge is -2.30. The van der Waals surface area contributed by atoms with E-state index in [1.54, 1.807) is 43.3 Å². The number of hydrogen-bond donors (Lipinski definition) is 1. The van der Waals surface area contributed by atoms with Crippen LogP contribution in [0.5, 0.6) is 11.5 Å². The third-order valence-corrected chi connectivity index (χ3v) is 4.66. The van der Waals surface area contributed by atoms with Crippen LogP contribution in [-0.4, -0.2) is 43.5 Å². The Bertz CT molecular complexity index is 789. The minimum absolute atomic E-state index is 0.147. The maximum Gasteiger partial charge on any atom is 0.261 e. The van der Waals surface area contributed by atoms with Crippen molar-refractivity contribution in [3.05, 3.63) is 59.7 Å². The van der Waals surface area contributed by atoms with Gasteiger partial charge in [-0.3, -0.25) is 9.59 Å². The lowest BCUT2D eigenvalue weighted by molar-refractivity contribution is -0.142. The number of carbonyl (C=O) groups is 2. The van der Waals surface area contributed by atoms with Gasteiger partial charge in [0.05, 0.1) is 7.11 Å². The average Bonchev–Trinajstić information content (AvgIpc) is 2.73. The zero-order valence-electron chi connectivity index (χ0n) is 16.9. The van der Waals surface area contributed by atoms with Crippen molar-refractivity contribution in [3.63, 3.8) is 0 Å². The van der Waals surface area contributed by atoms with Gasteiger partial charge in [-0.25, -0.2) is 0 Å². The van der Waals surface area contributed by atoms with Crippen LogP contribution in [0, 0.1) is 6.92 Å². The van der Waals surface area contributed by atoms with Gasteiger partial charge in [0.2, 0.25) is 5.91 Å². The van der Waals surface area contributed by atoms with E-state index in [4.69, 9.17) is 9.47 Å². The van der Waals surface area contributed by atoms with Gasteiger partial charge < -0.3 is 19.7 Å². The predicted molar refractivity (Wildman–Crippen MR) is 108 cm³/mol. The Labute approximate surface area is 166 Å². The molecule has 0 aliphatic heterocycles. The number of rotatable bonds is 9. The minimum Gasteiger partial charge on any atom is -0.497 e. The Morgan fingerprint density at radius 3 is 2.29 bits per heavy atom. The zero-order valence-corrected chi connectivity index (χ0v) is 16.9. The van der Waals surface area contributed by atoms with Crippen LogP contribution in [-0.2, 0) is 16.1 Å². The SMILES string of the molecule is CC[C@H](C(=O)NC)N(Cc1ccccc1C)C(=O)COc1ccc(OC)cc1. The molecule has 2 aromatic rings. The Morgan fingerprint density at radius 1 is 1.07 bits per heavy atom. The standard InChI is InChI=1S/C22H28N2O4/c1-5-20(22(26)23-3)24(14-17-9-7-6-8-16(17)2)21(25)15-28-19-12-10-18(27-4)11-13-19/h6-13,20H,5,14-15H2,1-4H3,(H,23,26)/t20-/m1/s1. The van der Waals surface area contributed by atoms with Gasteiger partial charge in [-0.2, -0.15) is 0 Å². The maximum atomic E-state index is 13.0. The molecule has 1 atom stereocenters. The fourth-order valence-electron chi connectivity index (χ4n) is 2.96. The molecule has 6 nitrogen and oxygen atoms in total. The normalized spacial score (nSPS) is 11.4. The second-order valence-electron chi connectivity index (χ2n) is 6.45. The van der Waals surface area contributed by atoms with Crippen LogP contribution in [0.3, 0.4) is 0 Å². The molecule has 2 rings (SSSR count). The number of nitrogens with one attached hydrogen (secondary N) is 1. The van der Waals surface area contributed by atoms with E-state index in [1.807, 2.05) is 38.1 Å². The van der Waals surface area contributed by atoms with Crippen LogP contribution in [0.25, 0.3) is 0 Å². The molecule has 0 spiro atoms. The van der Waals surface area contributed by atoms with Gasteiger partial charge in [-0.1, -0.05) is 31.2 Å². The highest BCUT2D eigenvalue weighted by atomic mass is 16.5. The number of likely N-dealkylation sites (N-methyl/N-ethyl adjacent to an activating group) is 1. The van der Waals surface area contributed by atoms with Crippen molar-refractivity contribution in [3.8, 4) is 11.5 Å². The summed E-state index contributed by atoms with van der Waals surface area (Å²) in [6, 6.07) is 14.3. The van der Waals surface area contributed by atoms with E-state index < -0.39 is 6.04 Å². The summed E-state index contributed by atoms with van der Waals surface area (Å²) in [6.07, 6.45) is 0.514. The molecule has 0 unspecified atom stereocenters. The smallest absolute Gasteiger partial charge is 0.261 e. The van der Waals surface area contributed by atoms with Crippen molar-refractivity contribution in [2.45, 2.75) is 32.9 Å².